The number of carbonyl (C=O) groups excluding carboxylic acids is 2. The molecule has 1 amide bonds. The van der Waals surface area contributed by atoms with E-state index in [0.717, 1.165) is 22.0 Å². The van der Waals surface area contributed by atoms with Crippen molar-refractivity contribution in [2.24, 2.45) is 0 Å². The predicted molar refractivity (Wildman–Crippen MR) is 95.5 cm³/mol. The molecule has 0 fully saturated rings. The Morgan fingerprint density at radius 2 is 1.65 bits per heavy atom. The van der Waals surface area contributed by atoms with Crippen molar-refractivity contribution < 1.29 is 9.59 Å². The van der Waals surface area contributed by atoms with Crippen LogP contribution in [-0.2, 0) is 0 Å². The fraction of sp³-hybridized carbons (Fsp3) is 0.0526. The van der Waals surface area contributed by atoms with Crippen molar-refractivity contribution in [2.45, 2.75) is 4.90 Å². The number of benzene rings is 3. The summed E-state index contributed by atoms with van der Waals surface area (Å²) in [6, 6.07) is 18.8. The second-order valence-electron chi connectivity index (χ2n) is 5.09. The molecule has 0 unspecified atom stereocenters. The summed E-state index contributed by atoms with van der Waals surface area (Å²) in [7, 11) is 0. The summed E-state index contributed by atoms with van der Waals surface area (Å²) in [4.78, 5) is 25.0. The van der Waals surface area contributed by atoms with E-state index in [-0.39, 0.29) is 5.91 Å². The maximum Gasteiger partial charge on any atom is 0.256 e. The van der Waals surface area contributed by atoms with Crippen LogP contribution in [0.5, 0.6) is 0 Å². The molecule has 0 radical (unpaired) electrons. The van der Waals surface area contributed by atoms with Crippen LogP contribution in [0.3, 0.4) is 0 Å². The lowest BCUT2D eigenvalue weighted by molar-refractivity contribution is 0.101. The van der Waals surface area contributed by atoms with Crippen LogP contribution in [0.1, 0.15) is 20.7 Å². The van der Waals surface area contributed by atoms with Gasteiger partial charge >= 0.3 is 0 Å². The third-order valence-corrected chi connectivity index (χ3v) is 4.38. The summed E-state index contributed by atoms with van der Waals surface area (Å²) in [6.45, 7) is 0. The van der Waals surface area contributed by atoms with E-state index in [2.05, 4.69) is 5.32 Å². The van der Waals surface area contributed by atoms with Crippen molar-refractivity contribution in [3.63, 3.8) is 0 Å². The van der Waals surface area contributed by atoms with Gasteiger partial charge in [-0.25, -0.2) is 0 Å². The molecule has 0 saturated heterocycles. The maximum atomic E-state index is 12.5. The van der Waals surface area contributed by atoms with Gasteiger partial charge in [0.05, 0.1) is 5.56 Å². The standard InChI is InChI=1S/C19H15NO2S/c1-23-17-8-6-16(7-9-17)20-19(22)18-11-14-5-3-2-4-13(14)10-15(18)12-21/h2-12H,1H3,(H,20,22). The number of fused-ring (bicyclic) bond motifs is 1. The summed E-state index contributed by atoms with van der Waals surface area (Å²) in [5.41, 5.74) is 1.48. The zero-order valence-electron chi connectivity index (χ0n) is 12.6. The number of aldehydes is 1. The number of anilines is 1. The number of hydrogen-bond donors (Lipinski definition) is 1. The van der Waals surface area contributed by atoms with Crippen LogP contribution in [0.4, 0.5) is 5.69 Å². The first kappa shape index (κ1) is 15.3. The van der Waals surface area contributed by atoms with E-state index in [0.29, 0.717) is 16.8 Å². The molecule has 0 aliphatic carbocycles. The van der Waals surface area contributed by atoms with Gasteiger partial charge in [0.2, 0.25) is 0 Å². The van der Waals surface area contributed by atoms with Crippen LogP contribution in [0.25, 0.3) is 10.8 Å². The molecule has 3 rings (SSSR count). The van der Waals surface area contributed by atoms with Gasteiger partial charge in [0.1, 0.15) is 0 Å². The summed E-state index contributed by atoms with van der Waals surface area (Å²) >= 11 is 1.64. The molecule has 0 saturated carbocycles. The molecule has 0 heterocycles. The summed E-state index contributed by atoms with van der Waals surface area (Å²) in [5, 5.41) is 4.71. The van der Waals surface area contributed by atoms with E-state index >= 15 is 0 Å². The number of thioether (sulfide) groups is 1. The van der Waals surface area contributed by atoms with Crippen molar-refractivity contribution in [1.29, 1.82) is 0 Å². The van der Waals surface area contributed by atoms with Gasteiger partial charge in [-0.15, -0.1) is 11.8 Å². The van der Waals surface area contributed by atoms with E-state index in [4.69, 9.17) is 0 Å². The zero-order chi connectivity index (χ0) is 16.2. The molecular formula is C19H15NO2S. The summed E-state index contributed by atoms with van der Waals surface area (Å²) < 4.78 is 0. The average molecular weight is 321 g/mol. The lowest BCUT2D eigenvalue weighted by atomic mass is 10.0. The third-order valence-electron chi connectivity index (χ3n) is 3.64. The van der Waals surface area contributed by atoms with E-state index in [1.807, 2.05) is 54.8 Å². The summed E-state index contributed by atoms with van der Waals surface area (Å²) in [5.74, 6) is -0.283. The Kier molecular flexibility index (Phi) is 4.44. The molecule has 3 nitrogen and oxygen atoms in total. The molecule has 114 valence electrons. The smallest absolute Gasteiger partial charge is 0.256 e. The lowest BCUT2D eigenvalue weighted by Crippen LogP contribution is -2.14. The van der Waals surface area contributed by atoms with Crippen LogP contribution in [-0.4, -0.2) is 18.4 Å². The second-order valence-corrected chi connectivity index (χ2v) is 5.97. The van der Waals surface area contributed by atoms with Crippen molar-refractivity contribution in [3.05, 3.63) is 71.8 Å². The fourth-order valence-corrected chi connectivity index (χ4v) is 2.83. The third kappa shape index (κ3) is 3.27. The number of hydrogen-bond acceptors (Lipinski definition) is 3. The average Bonchev–Trinajstić information content (AvgIpc) is 2.61. The van der Waals surface area contributed by atoms with Crippen molar-refractivity contribution in [1.82, 2.24) is 0 Å². The number of nitrogens with one attached hydrogen (secondary N) is 1. The first-order chi connectivity index (χ1) is 11.2. The van der Waals surface area contributed by atoms with E-state index in [1.54, 1.807) is 23.9 Å². The lowest BCUT2D eigenvalue weighted by Gasteiger charge is -2.09. The van der Waals surface area contributed by atoms with Gasteiger partial charge in [-0.05, 0) is 53.4 Å². The number of carbonyl (C=O) groups is 2. The molecule has 1 N–H and O–H groups in total. The molecular weight excluding hydrogens is 306 g/mol. The zero-order valence-corrected chi connectivity index (χ0v) is 13.4. The Morgan fingerprint density at radius 3 is 2.26 bits per heavy atom. The Morgan fingerprint density at radius 1 is 1.00 bits per heavy atom. The quantitative estimate of drug-likeness (QED) is 0.563. The van der Waals surface area contributed by atoms with Gasteiger partial charge in [0, 0.05) is 16.1 Å². The largest absolute Gasteiger partial charge is 0.322 e. The maximum absolute atomic E-state index is 12.5. The van der Waals surface area contributed by atoms with Crippen LogP contribution in [0.15, 0.2) is 65.6 Å². The minimum atomic E-state index is -0.283. The normalized spacial score (nSPS) is 10.5. The van der Waals surface area contributed by atoms with Gasteiger partial charge in [-0.2, -0.15) is 0 Å². The highest BCUT2D eigenvalue weighted by Crippen LogP contribution is 2.22. The van der Waals surface area contributed by atoms with Gasteiger partial charge in [0.15, 0.2) is 6.29 Å². The number of rotatable bonds is 4. The van der Waals surface area contributed by atoms with Crippen LogP contribution >= 0.6 is 11.8 Å². The van der Waals surface area contributed by atoms with Gasteiger partial charge in [-0.1, -0.05) is 24.3 Å². The molecule has 3 aromatic rings. The first-order valence-electron chi connectivity index (χ1n) is 7.14. The molecule has 0 spiro atoms. The highest BCUT2D eigenvalue weighted by molar-refractivity contribution is 7.98. The molecule has 0 aliphatic heterocycles. The molecule has 0 bridgehead atoms. The molecule has 0 atom stereocenters. The monoisotopic (exact) mass is 321 g/mol. The molecule has 23 heavy (non-hydrogen) atoms. The summed E-state index contributed by atoms with van der Waals surface area (Å²) in [6.07, 6.45) is 2.72. The highest BCUT2D eigenvalue weighted by atomic mass is 32.2. The van der Waals surface area contributed by atoms with E-state index in [1.165, 1.54) is 0 Å². The van der Waals surface area contributed by atoms with Crippen molar-refractivity contribution in [3.8, 4) is 0 Å². The van der Waals surface area contributed by atoms with Crippen LogP contribution in [0.2, 0.25) is 0 Å². The van der Waals surface area contributed by atoms with Crippen LogP contribution < -0.4 is 5.32 Å². The van der Waals surface area contributed by atoms with E-state index in [9.17, 15) is 9.59 Å². The predicted octanol–water partition coefficient (Wildman–Crippen LogP) is 4.63. The second kappa shape index (κ2) is 6.67. The molecule has 3 aromatic carbocycles. The van der Waals surface area contributed by atoms with Gasteiger partial charge in [0.25, 0.3) is 5.91 Å². The minimum absolute atomic E-state index is 0.283. The Hall–Kier alpha value is -2.59. The Balaban J connectivity index is 1.94. The van der Waals surface area contributed by atoms with Gasteiger partial charge < -0.3 is 5.32 Å². The van der Waals surface area contributed by atoms with E-state index < -0.39 is 0 Å². The molecule has 4 heteroatoms. The van der Waals surface area contributed by atoms with Crippen molar-refractivity contribution in [2.75, 3.05) is 11.6 Å². The highest BCUT2D eigenvalue weighted by Gasteiger charge is 2.13. The first-order valence-corrected chi connectivity index (χ1v) is 8.37. The molecule has 0 aromatic heterocycles. The SMILES string of the molecule is CSc1ccc(NC(=O)c2cc3ccccc3cc2C=O)cc1. The number of amides is 1. The molecule has 0 aliphatic rings. The Labute approximate surface area is 138 Å². The fourth-order valence-electron chi connectivity index (χ4n) is 2.42. The minimum Gasteiger partial charge on any atom is -0.322 e. The Bertz CT molecular complexity index is 872. The van der Waals surface area contributed by atoms with Crippen LogP contribution in [0, 0.1) is 0 Å². The van der Waals surface area contributed by atoms with Crippen molar-refractivity contribution >= 4 is 40.4 Å². The topological polar surface area (TPSA) is 46.2 Å². The van der Waals surface area contributed by atoms with Gasteiger partial charge in [-0.3, -0.25) is 9.59 Å².